The highest BCUT2D eigenvalue weighted by Crippen LogP contribution is 2.43. The summed E-state index contributed by atoms with van der Waals surface area (Å²) in [5.41, 5.74) is -1.68. The van der Waals surface area contributed by atoms with Gasteiger partial charge in [-0.3, -0.25) is 4.98 Å². The van der Waals surface area contributed by atoms with Crippen LogP contribution in [0, 0.1) is 0 Å². The molecule has 0 aliphatic heterocycles. The minimum Gasteiger partial charge on any atom is -0.309 e. The smallest absolute Gasteiger partial charge is 0.309 e. The highest BCUT2D eigenvalue weighted by molar-refractivity contribution is 7.91. The predicted molar refractivity (Wildman–Crippen MR) is 118 cm³/mol. The molecule has 1 saturated carbocycles. The van der Waals surface area contributed by atoms with Gasteiger partial charge in [0.25, 0.3) is 0 Å². The van der Waals surface area contributed by atoms with Crippen LogP contribution >= 0.6 is 0 Å². The van der Waals surface area contributed by atoms with Crippen LogP contribution in [-0.2, 0) is 22.8 Å². The molecule has 4 aromatic rings. The normalized spacial score (nSPS) is 14.9. The van der Waals surface area contributed by atoms with Crippen LogP contribution in [0.2, 0.25) is 0 Å². The molecule has 0 N–H and O–H groups in total. The monoisotopic (exact) mass is 540 g/mol. The van der Waals surface area contributed by atoms with Crippen LogP contribution in [0.15, 0.2) is 29.4 Å². The first-order chi connectivity index (χ1) is 17.3. The van der Waals surface area contributed by atoms with Crippen molar-refractivity contribution in [3.63, 3.8) is 0 Å². The van der Waals surface area contributed by atoms with E-state index < -0.39 is 27.6 Å². The van der Waals surface area contributed by atoms with Gasteiger partial charge in [0.15, 0.2) is 27.1 Å². The van der Waals surface area contributed by atoms with Crippen molar-refractivity contribution in [1.82, 2.24) is 39.9 Å². The van der Waals surface area contributed by atoms with E-state index >= 15 is 0 Å². The number of aryl methyl sites for hydroxylation is 1. The quantitative estimate of drug-likeness (QED) is 0.337. The Morgan fingerprint density at radius 2 is 1.73 bits per heavy atom. The lowest BCUT2D eigenvalue weighted by Gasteiger charge is -2.17. The number of halogens is 5. The van der Waals surface area contributed by atoms with Crippen LogP contribution in [0.25, 0.3) is 33.9 Å². The Morgan fingerprint density at radius 3 is 2.32 bits per heavy atom. The van der Waals surface area contributed by atoms with Gasteiger partial charge >= 0.3 is 12.1 Å². The van der Waals surface area contributed by atoms with Gasteiger partial charge in [0.2, 0.25) is 0 Å². The lowest BCUT2D eigenvalue weighted by molar-refractivity contribution is -0.291. The number of alkyl halides is 5. The van der Waals surface area contributed by atoms with Crippen LogP contribution < -0.4 is 0 Å². The molecule has 0 spiro atoms. The molecule has 10 nitrogen and oxygen atoms in total. The second kappa shape index (κ2) is 8.43. The molecular formula is C21H17F5N8O2S. The first kappa shape index (κ1) is 25.0. The highest BCUT2D eigenvalue weighted by atomic mass is 32.2. The van der Waals surface area contributed by atoms with Crippen molar-refractivity contribution in [2.75, 3.05) is 5.75 Å². The first-order valence-corrected chi connectivity index (χ1v) is 12.6. The third-order valence-electron chi connectivity index (χ3n) is 5.89. The molecule has 37 heavy (non-hydrogen) atoms. The molecule has 0 amide bonds. The van der Waals surface area contributed by atoms with Crippen molar-refractivity contribution in [2.45, 2.75) is 42.7 Å². The molecule has 1 aliphatic rings. The standard InChI is InChI=1S/C21H17F5N8O2S/c1-3-37(35,36)14-6-11(13-9-28-17(32-30-13)10-4-5-10)8-27-16(14)19-29-12-7-15(20(22,23)21(24,25)26)31-33-18(12)34(19)2/h6-10H,3-5H2,1-2H3. The molecule has 0 saturated heterocycles. The summed E-state index contributed by atoms with van der Waals surface area (Å²) >= 11 is 0. The van der Waals surface area contributed by atoms with Gasteiger partial charge in [-0.1, -0.05) is 6.92 Å². The predicted octanol–water partition coefficient (Wildman–Crippen LogP) is 3.60. The van der Waals surface area contributed by atoms with E-state index in [0.29, 0.717) is 17.5 Å². The first-order valence-electron chi connectivity index (χ1n) is 10.9. The zero-order chi connectivity index (χ0) is 26.8. The van der Waals surface area contributed by atoms with Gasteiger partial charge in [0.05, 0.1) is 16.8 Å². The maximum absolute atomic E-state index is 13.8. The molecule has 1 fully saturated rings. The second-order valence-electron chi connectivity index (χ2n) is 8.46. The minimum atomic E-state index is -5.89. The number of sulfone groups is 1. The SMILES string of the molecule is CCS(=O)(=O)c1cc(-c2cnc(C3CC3)nn2)cnc1-c1nc2cc(C(F)(F)C(F)(F)F)nnc2n1C. The van der Waals surface area contributed by atoms with Crippen molar-refractivity contribution in [1.29, 1.82) is 0 Å². The van der Waals surface area contributed by atoms with Crippen LogP contribution in [0.3, 0.4) is 0 Å². The van der Waals surface area contributed by atoms with Gasteiger partial charge in [0.1, 0.15) is 22.6 Å². The average molecular weight is 540 g/mol. The minimum absolute atomic E-state index is 0.122. The Hall–Kier alpha value is -3.69. The molecule has 0 aromatic carbocycles. The Bertz CT molecular complexity index is 1620. The van der Waals surface area contributed by atoms with Crippen molar-refractivity contribution in [3.05, 3.63) is 36.0 Å². The molecule has 194 valence electrons. The van der Waals surface area contributed by atoms with Crippen molar-refractivity contribution < 1.29 is 30.4 Å². The van der Waals surface area contributed by atoms with Gasteiger partial charge in [-0.15, -0.1) is 20.4 Å². The molecule has 0 atom stereocenters. The maximum Gasteiger partial charge on any atom is 0.459 e. The summed E-state index contributed by atoms with van der Waals surface area (Å²) in [6.07, 6.45) is -1.14. The van der Waals surface area contributed by atoms with Crippen molar-refractivity contribution in [2.24, 2.45) is 7.05 Å². The maximum atomic E-state index is 13.8. The molecule has 1 aliphatic carbocycles. The molecule has 4 heterocycles. The van der Waals surface area contributed by atoms with E-state index in [9.17, 15) is 30.4 Å². The lowest BCUT2D eigenvalue weighted by atomic mass is 10.2. The van der Waals surface area contributed by atoms with Crippen molar-refractivity contribution >= 4 is 21.0 Å². The molecule has 5 rings (SSSR count). The number of pyridine rings is 1. The zero-order valence-corrected chi connectivity index (χ0v) is 20.0. The molecule has 0 radical (unpaired) electrons. The fraction of sp³-hybridized carbons (Fsp3) is 0.381. The topological polar surface area (TPSA) is 129 Å². The van der Waals surface area contributed by atoms with Crippen LogP contribution in [-0.4, -0.2) is 60.3 Å². The number of hydrogen-bond donors (Lipinski definition) is 0. The summed E-state index contributed by atoms with van der Waals surface area (Å²) in [5.74, 6) is -4.81. The number of aromatic nitrogens is 8. The fourth-order valence-electron chi connectivity index (χ4n) is 3.59. The van der Waals surface area contributed by atoms with E-state index in [1.807, 2.05) is 0 Å². The Kier molecular flexibility index (Phi) is 5.69. The number of nitrogens with zero attached hydrogens (tertiary/aromatic N) is 8. The van der Waals surface area contributed by atoms with E-state index in [0.717, 1.165) is 12.8 Å². The average Bonchev–Trinajstić information content (AvgIpc) is 3.66. The molecule has 0 unspecified atom stereocenters. The Morgan fingerprint density at radius 1 is 1.00 bits per heavy atom. The highest BCUT2D eigenvalue weighted by Gasteiger charge is 2.60. The number of fused-ring (bicyclic) bond motifs is 1. The zero-order valence-electron chi connectivity index (χ0n) is 19.2. The second-order valence-corrected chi connectivity index (χ2v) is 10.7. The largest absolute Gasteiger partial charge is 0.459 e. The fourth-order valence-corrected chi connectivity index (χ4v) is 4.64. The summed E-state index contributed by atoms with van der Waals surface area (Å²) in [5, 5.41) is 14.7. The van der Waals surface area contributed by atoms with E-state index in [2.05, 4.69) is 35.3 Å². The lowest BCUT2D eigenvalue weighted by Crippen LogP contribution is -2.34. The number of rotatable bonds is 6. The van der Waals surface area contributed by atoms with E-state index in [1.165, 1.54) is 37.0 Å². The van der Waals surface area contributed by atoms with Crippen LogP contribution in [0.5, 0.6) is 0 Å². The molecule has 16 heteroatoms. The summed E-state index contributed by atoms with van der Waals surface area (Å²) in [4.78, 5) is 12.4. The summed E-state index contributed by atoms with van der Waals surface area (Å²) in [6, 6.07) is 1.78. The number of hydrogen-bond acceptors (Lipinski definition) is 9. The number of imidazole rings is 1. The summed E-state index contributed by atoms with van der Waals surface area (Å²) in [6.45, 7) is 1.42. The van der Waals surface area contributed by atoms with Crippen LogP contribution in [0.4, 0.5) is 22.0 Å². The van der Waals surface area contributed by atoms with E-state index in [1.54, 1.807) is 0 Å². The molecular weight excluding hydrogens is 523 g/mol. The third-order valence-corrected chi connectivity index (χ3v) is 7.63. The van der Waals surface area contributed by atoms with Gasteiger partial charge < -0.3 is 4.57 Å². The summed E-state index contributed by atoms with van der Waals surface area (Å²) < 4.78 is 93.1. The Labute approximate surface area is 205 Å². The molecule has 0 bridgehead atoms. The van der Waals surface area contributed by atoms with Gasteiger partial charge in [-0.25, -0.2) is 18.4 Å². The Balaban J connectivity index is 1.63. The molecule has 4 aromatic heterocycles. The van der Waals surface area contributed by atoms with Gasteiger partial charge in [-0.05, 0) is 25.0 Å². The van der Waals surface area contributed by atoms with E-state index in [4.69, 9.17) is 0 Å². The van der Waals surface area contributed by atoms with Crippen molar-refractivity contribution in [3.8, 4) is 22.8 Å². The van der Waals surface area contributed by atoms with Gasteiger partial charge in [0, 0.05) is 24.7 Å². The van der Waals surface area contributed by atoms with E-state index in [-0.39, 0.29) is 44.9 Å². The van der Waals surface area contributed by atoms with Crippen LogP contribution in [0.1, 0.15) is 37.2 Å². The van der Waals surface area contributed by atoms with Gasteiger partial charge in [-0.2, -0.15) is 22.0 Å². The third kappa shape index (κ3) is 4.28. The summed E-state index contributed by atoms with van der Waals surface area (Å²) in [7, 11) is -2.53.